The lowest BCUT2D eigenvalue weighted by Crippen LogP contribution is -2.01. The van der Waals surface area contributed by atoms with Crippen LogP contribution in [0.4, 0.5) is 0 Å². The quantitative estimate of drug-likeness (QED) is 0.737. The molecule has 1 aromatic carbocycles. The number of hydrogen-bond donors (Lipinski definition) is 1. The van der Waals surface area contributed by atoms with E-state index in [9.17, 15) is 0 Å². The van der Waals surface area contributed by atoms with E-state index in [1.807, 2.05) is 0 Å². The van der Waals surface area contributed by atoms with E-state index in [1.165, 1.54) is 22.3 Å². The van der Waals surface area contributed by atoms with Crippen LogP contribution >= 0.6 is 0 Å². The molecule has 0 fully saturated rings. The Morgan fingerprint density at radius 3 is 2.67 bits per heavy atom. The van der Waals surface area contributed by atoms with Crippen molar-refractivity contribution in [1.82, 2.24) is 0 Å². The first-order valence-electron chi connectivity index (χ1n) is 5.40. The molecule has 0 heterocycles. The van der Waals surface area contributed by atoms with Crippen LogP contribution in [0.15, 0.2) is 36.0 Å². The minimum Gasteiger partial charge on any atom is -0.402 e. The molecule has 0 saturated heterocycles. The minimum absolute atomic E-state index is 0.993. The molecule has 0 bridgehead atoms. The molecule has 0 radical (unpaired) electrons. The van der Waals surface area contributed by atoms with Gasteiger partial charge in [-0.15, -0.1) is 0 Å². The molecule has 0 aromatic heterocycles. The van der Waals surface area contributed by atoms with Gasteiger partial charge in [0.15, 0.2) is 0 Å². The van der Waals surface area contributed by atoms with Crippen LogP contribution in [0.1, 0.15) is 29.5 Å². The molecule has 1 heteroatoms. The van der Waals surface area contributed by atoms with Gasteiger partial charge in [0.05, 0.1) is 0 Å². The van der Waals surface area contributed by atoms with Gasteiger partial charge in [0.1, 0.15) is 0 Å². The number of rotatable bonds is 1. The monoisotopic (exact) mass is 199 g/mol. The fourth-order valence-electron chi connectivity index (χ4n) is 2.05. The fraction of sp³-hybridized carbons (Fsp3) is 0.286. The first kappa shape index (κ1) is 10.0. The normalized spacial score (nSPS) is 15.9. The number of benzene rings is 1. The van der Waals surface area contributed by atoms with Gasteiger partial charge >= 0.3 is 0 Å². The Kier molecular flexibility index (Phi) is 2.63. The summed E-state index contributed by atoms with van der Waals surface area (Å²) in [5.74, 6) is 0. The van der Waals surface area contributed by atoms with Crippen molar-refractivity contribution < 1.29 is 0 Å². The lowest BCUT2D eigenvalue weighted by molar-refractivity contribution is 0.948. The van der Waals surface area contributed by atoms with Crippen LogP contribution in [0.2, 0.25) is 0 Å². The van der Waals surface area contributed by atoms with Crippen molar-refractivity contribution in [3.63, 3.8) is 0 Å². The van der Waals surface area contributed by atoms with Crippen LogP contribution in [0.5, 0.6) is 0 Å². The lowest BCUT2D eigenvalue weighted by Gasteiger charge is -2.13. The molecule has 78 valence electrons. The minimum atomic E-state index is 0.993. The Bertz CT molecular complexity index is 439. The molecule has 0 aliphatic heterocycles. The zero-order valence-corrected chi connectivity index (χ0v) is 9.38. The fourth-order valence-corrected chi connectivity index (χ4v) is 2.05. The standard InChI is InChI=1S/C14H17N/c1-10-6-7-14(11(2)8-10)12-4-3-5-13(15)9-12/h4,6-9H,3,5,15H2,1-2H3. The summed E-state index contributed by atoms with van der Waals surface area (Å²) in [5, 5.41) is 0. The van der Waals surface area contributed by atoms with E-state index in [0.717, 1.165) is 18.5 Å². The molecule has 15 heavy (non-hydrogen) atoms. The molecule has 1 aromatic rings. The number of allylic oxidation sites excluding steroid dienone is 4. The van der Waals surface area contributed by atoms with Gasteiger partial charge in [-0.3, -0.25) is 0 Å². The summed E-state index contributed by atoms with van der Waals surface area (Å²) < 4.78 is 0. The molecule has 0 saturated carbocycles. The molecular weight excluding hydrogens is 182 g/mol. The Balaban J connectivity index is 2.42. The Morgan fingerprint density at radius 1 is 1.20 bits per heavy atom. The average molecular weight is 199 g/mol. The molecule has 0 atom stereocenters. The molecular formula is C14H17N. The van der Waals surface area contributed by atoms with Crippen molar-refractivity contribution in [1.29, 1.82) is 0 Å². The van der Waals surface area contributed by atoms with E-state index in [4.69, 9.17) is 5.73 Å². The first-order chi connectivity index (χ1) is 7.16. The maximum absolute atomic E-state index is 5.86. The van der Waals surface area contributed by atoms with Gasteiger partial charge in [0.25, 0.3) is 0 Å². The zero-order valence-electron chi connectivity index (χ0n) is 9.38. The molecule has 1 nitrogen and oxygen atoms in total. The largest absolute Gasteiger partial charge is 0.402 e. The summed E-state index contributed by atoms with van der Waals surface area (Å²) in [6, 6.07) is 6.56. The summed E-state index contributed by atoms with van der Waals surface area (Å²) in [6.07, 6.45) is 6.43. The number of aryl methyl sites for hydroxylation is 2. The Morgan fingerprint density at radius 2 is 2.00 bits per heavy atom. The molecule has 1 aliphatic carbocycles. The van der Waals surface area contributed by atoms with Crippen molar-refractivity contribution in [2.45, 2.75) is 26.7 Å². The van der Waals surface area contributed by atoms with Crippen LogP contribution in [0, 0.1) is 13.8 Å². The van der Waals surface area contributed by atoms with E-state index < -0.39 is 0 Å². The van der Waals surface area contributed by atoms with E-state index in [0.29, 0.717) is 0 Å². The van der Waals surface area contributed by atoms with Gasteiger partial charge in [-0.25, -0.2) is 0 Å². The Hall–Kier alpha value is -1.50. The number of hydrogen-bond acceptors (Lipinski definition) is 1. The second-order valence-electron chi connectivity index (χ2n) is 4.24. The SMILES string of the molecule is Cc1ccc(C2=CCCC(N)=C2)c(C)c1. The maximum atomic E-state index is 5.86. The third-order valence-corrected chi connectivity index (χ3v) is 2.83. The molecule has 1 aliphatic rings. The highest BCUT2D eigenvalue weighted by atomic mass is 14.6. The van der Waals surface area contributed by atoms with E-state index >= 15 is 0 Å². The van der Waals surface area contributed by atoms with E-state index in [-0.39, 0.29) is 0 Å². The van der Waals surface area contributed by atoms with E-state index in [1.54, 1.807) is 0 Å². The van der Waals surface area contributed by atoms with Crippen LogP contribution in [0.3, 0.4) is 0 Å². The zero-order chi connectivity index (χ0) is 10.8. The summed E-state index contributed by atoms with van der Waals surface area (Å²) in [6.45, 7) is 4.28. The van der Waals surface area contributed by atoms with Crippen molar-refractivity contribution in [3.05, 3.63) is 52.7 Å². The highest BCUT2D eigenvalue weighted by molar-refractivity contribution is 5.77. The topological polar surface area (TPSA) is 26.0 Å². The predicted molar refractivity (Wildman–Crippen MR) is 65.4 cm³/mol. The predicted octanol–water partition coefficient (Wildman–Crippen LogP) is 3.32. The molecule has 0 unspecified atom stereocenters. The number of nitrogens with two attached hydrogens (primary N) is 1. The molecule has 2 rings (SSSR count). The lowest BCUT2D eigenvalue weighted by atomic mass is 9.94. The molecule has 0 amide bonds. The first-order valence-corrected chi connectivity index (χ1v) is 5.40. The third kappa shape index (κ3) is 2.12. The Labute approximate surface area is 91.3 Å². The van der Waals surface area contributed by atoms with Gasteiger partial charge in [-0.05, 0) is 49.5 Å². The summed E-state index contributed by atoms with van der Waals surface area (Å²) in [4.78, 5) is 0. The average Bonchev–Trinajstić information content (AvgIpc) is 2.17. The second-order valence-corrected chi connectivity index (χ2v) is 4.24. The molecule has 0 spiro atoms. The van der Waals surface area contributed by atoms with Gasteiger partial charge in [0, 0.05) is 5.70 Å². The van der Waals surface area contributed by atoms with E-state index in [2.05, 4.69) is 44.2 Å². The van der Waals surface area contributed by atoms with Crippen molar-refractivity contribution >= 4 is 5.57 Å². The van der Waals surface area contributed by atoms with Crippen molar-refractivity contribution in [3.8, 4) is 0 Å². The van der Waals surface area contributed by atoms with Crippen LogP contribution < -0.4 is 5.73 Å². The highest BCUT2D eigenvalue weighted by Crippen LogP contribution is 2.26. The summed E-state index contributed by atoms with van der Waals surface area (Å²) >= 11 is 0. The maximum Gasteiger partial charge on any atom is 0.00896 e. The van der Waals surface area contributed by atoms with Crippen molar-refractivity contribution in [2.75, 3.05) is 0 Å². The smallest absolute Gasteiger partial charge is 0.00896 e. The highest BCUT2D eigenvalue weighted by Gasteiger charge is 2.07. The summed E-state index contributed by atoms with van der Waals surface area (Å²) in [5.41, 5.74) is 12.1. The van der Waals surface area contributed by atoms with Crippen LogP contribution in [-0.2, 0) is 0 Å². The van der Waals surface area contributed by atoms with Crippen LogP contribution in [0.25, 0.3) is 5.57 Å². The van der Waals surface area contributed by atoms with Crippen molar-refractivity contribution in [2.24, 2.45) is 5.73 Å². The van der Waals surface area contributed by atoms with Gasteiger partial charge < -0.3 is 5.73 Å². The third-order valence-electron chi connectivity index (χ3n) is 2.83. The second kappa shape index (κ2) is 3.93. The van der Waals surface area contributed by atoms with Gasteiger partial charge in [0.2, 0.25) is 0 Å². The molecule has 2 N–H and O–H groups in total. The van der Waals surface area contributed by atoms with Crippen LogP contribution in [-0.4, -0.2) is 0 Å². The van der Waals surface area contributed by atoms with Gasteiger partial charge in [-0.1, -0.05) is 29.8 Å². The van der Waals surface area contributed by atoms with Gasteiger partial charge in [-0.2, -0.15) is 0 Å². The summed E-state index contributed by atoms with van der Waals surface area (Å²) in [7, 11) is 0.